The van der Waals surface area contributed by atoms with Gasteiger partial charge < -0.3 is 14.2 Å². The summed E-state index contributed by atoms with van der Waals surface area (Å²) in [4.78, 5) is 11.6. The van der Waals surface area contributed by atoms with E-state index in [0.717, 1.165) is 0 Å². The third-order valence-electron chi connectivity index (χ3n) is 2.34. The van der Waals surface area contributed by atoms with Gasteiger partial charge in [0.25, 0.3) is 0 Å². The van der Waals surface area contributed by atoms with Crippen LogP contribution in [0, 0.1) is 5.82 Å². The Morgan fingerprint density at radius 3 is 2.68 bits per heavy atom. The van der Waals surface area contributed by atoms with E-state index in [2.05, 4.69) is 11.3 Å². The molecule has 0 fully saturated rings. The van der Waals surface area contributed by atoms with E-state index in [1.807, 2.05) is 0 Å². The number of benzene rings is 1. The zero-order chi connectivity index (χ0) is 14.4. The molecule has 19 heavy (non-hydrogen) atoms. The highest BCUT2D eigenvalue weighted by molar-refractivity contribution is 6.31. The molecule has 4 nitrogen and oxygen atoms in total. The number of rotatable bonds is 6. The van der Waals surface area contributed by atoms with Crippen molar-refractivity contribution >= 4 is 17.6 Å². The fourth-order valence-corrected chi connectivity index (χ4v) is 1.62. The van der Waals surface area contributed by atoms with E-state index in [9.17, 15) is 9.18 Å². The van der Waals surface area contributed by atoms with E-state index < -0.39 is 11.8 Å². The average molecular weight is 289 g/mol. The molecule has 0 saturated carbocycles. The molecule has 0 unspecified atom stereocenters. The van der Waals surface area contributed by atoms with Crippen molar-refractivity contribution in [2.75, 3.05) is 21.0 Å². The second-order valence-electron chi connectivity index (χ2n) is 3.65. The molecule has 0 saturated heterocycles. The predicted octanol–water partition coefficient (Wildman–Crippen LogP) is 2.94. The van der Waals surface area contributed by atoms with Gasteiger partial charge in [0, 0.05) is 13.5 Å². The maximum atomic E-state index is 13.9. The Balaban J connectivity index is 3.03. The van der Waals surface area contributed by atoms with Crippen molar-refractivity contribution < 1.29 is 23.4 Å². The molecule has 1 rings (SSSR count). The summed E-state index contributed by atoms with van der Waals surface area (Å²) in [6, 6.07) is 2.89. The van der Waals surface area contributed by atoms with Crippen LogP contribution in [0.2, 0.25) is 5.02 Å². The molecule has 0 bridgehead atoms. The third-order valence-corrected chi connectivity index (χ3v) is 2.63. The van der Waals surface area contributed by atoms with Gasteiger partial charge in [0.2, 0.25) is 0 Å². The molecule has 1 aromatic rings. The first-order valence-corrected chi connectivity index (χ1v) is 5.73. The summed E-state index contributed by atoms with van der Waals surface area (Å²) < 4.78 is 28.2. The van der Waals surface area contributed by atoms with Crippen molar-refractivity contribution in [3.05, 3.63) is 46.4 Å². The highest BCUT2D eigenvalue weighted by Gasteiger charge is 2.20. The lowest BCUT2D eigenvalue weighted by molar-refractivity contribution is 0.00422. The van der Waals surface area contributed by atoms with Crippen molar-refractivity contribution in [2.45, 2.75) is 6.42 Å². The molecule has 0 atom stereocenters. The standard InChI is InChI=1S/C13H14ClFO4/c1-8(19-7-17-2)6-9-4-5-10(14)12(15)11(9)13(16)18-3/h4-5H,1,6-7H2,2-3H3. The Labute approximate surface area is 115 Å². The van der Waals surface area contributed by atoms with Gasteiger partial charge in [0.15, 0.2) is 12.6 Å². The Bertz CT molecular complexity index is 488. The van der Waals surface area contributed by atoms with Crippen LogP contribution in [0.15, 0.2) is 24.5 Å². The minimum atomic E-state index is -0.814. The summed E-state index contributed by atoms with van der Waals surface area (Å²) in [5.74, 6) is -1.27. The Morgan fingerprint density at radius 1 is 1.42 bits per heavy atom. The second kappa shape index (κ2) is 7.11. The number of methoxy groups -OCH3 is 2. The van der Waals surface area contributed by atoms with E-state index in [-0.39, 0.29) is 23.8 Å². The van der Waals surface area contributed by atoms with Gasteiger partial charge >= 0.3 is 5.97 Å². The summed E-state index contributed by atoms with van der Waals surface area (Å²) in [6.07, 6.45) is 0.155. The van der Waals surface area contributed by atoms with Crippen molar-refractivity contribution in [1.29, 1.82) is 0 Å². The lowest BCUT2D eigenvalue weighted by Crippen LogP contribution is -2.11. The first-order valence-electron chi connectivity index (χ1n) is 5.36. The number of carbonyl (C=O) groups is 1. The van der Waals surface area contributed by atoms with Crippen LogP contribution < -0.4 is 0 Å². The van der Waals surface area contributed by atoms with Gasteiger partial charge in [-0.2, -0.15) is 0 Å². The molecule has 0 aromatic heterocycles. The highest BCUT2D eigenvalue weighted by atomic mass is 35.5. The zero-order valence-corrected chi connectivity index (χ0v) is 11.4. The lowest BCUT2D eigenvalue weighted by Gasteiger charge is -2.12. The largest absolute Gasteiger partial charge is 0.472 e. The van der Waals surface area contributed by atoms with Crippen LogP contribution in [0.4, 0.5) is 4.39 Å². The molecule has 0 spiro atoms. The Kier molecular flexibility index (Phi) is 5.79. The molecule has 0 aliphatic heterocycles. The van der Waals surface area contributed by atoms with Gasteiger partial charge in [-0.1, -0.05) is 24.2 Å². The van der Waals surface area contributed by atoms with E-state index in [1.54, 1.807) is 0 Å². The van der Waals surface area contributed by atoms with Crippen molar-refractivity contribution in [1.82, 2.24) is 0 Å². The van der Waals surface area contributed by atoms with E-state index in [4.69, 9.17) is 21.1 Å². The normalized spacial score (nSPS) is 10.1. The summed E-state index contributed by atoms with van der Waals surface area (Å²) in [5.41, 5.74) is 0.173. The molecular weight excluding hydrogens is 275 g/mol. The van der Waals surface area contributed by atoms with Gasteiger partial charge in [-0.3, -0.25) is 0 Å². The Hall–Kier alpha value is -1.59. The summed E-state index contributed by atoms with van der Waals surface area (Å²) in [5, 5.41) is -0.146. The van der Waals surface area contributed by atoms with Crippen LogP contribution in [0.3, 0.4) is 0 Å². The van der Waals surface area contributed by atoms with E-state index in [0.29, 0.717) is 11.3 Å². The SMILES string of the molecule is C=C(Cc1ccc(Cl)c(F)c1C(=O)OC)OCOC. The van der Waals surface area contributed by atoms with Crippen LogP contribution in [0.5, 0.6) is 0 Å². The van der Waals surface area contributed by atoms with Gasteiger partial charge in [-0.15, -0.1) is 0 Å². The number of halogens is 2. The van der Waals surface area contributed by atoms with Gasteiger partial charge in [0.05, 0.1) is 17.9 Å². The van der Waals surface area contributed by atoms with Gasteiger partial charge in [-0.05, 0) is 11.6 Å². The van der Waals surface area contributed by atoms with Crippen LogP contribution in [0.1, 0.15) is 15.9 Å². The predicted molar refractivity (Wildman–Crippen MR) is 68.6 cm³/mol. The maximum Gasteiger partial charge on any atom is 0.341 e. The maximum absolute atomic E-state index is 13.9. The first kappa shape index (κ1) is 15.5. The molecule has 0 radical (unpaired) electrons. The molecule has 6 heteroatoms. The number of ether oxygens (including phenoxy) is 3. The minimum absolute atomic E-state index is 0.0302. The van der Waals surface area contributed by atoms with Crippen LogP contribution >= 0.6 is 11.6 Å². The van der Waals surface area contributed by atoms with Crippen LogP contribution in [-0.2, 0) is 20.6 Å². The summed E-state index contributed by atoms with van der Waals surface area (Å²) >= 11 is 5.65. The number of hydrogen-bond acceptors (Lipinski definition) is 4. The fourth-order valence-electron chi connectivity index (χ4n) is 1.47. The third kappa shape index (κ3) is 3.94. The summed E-state index contributed by atoms with van der Waals surface area (Å²) in [7, 11) is 2.64. The summed E-state index contributed by atoms with van der Waals surface area (Å²) in [6.45, 7) is 3.69. The number of esters is 1. The number of carbonyl (C=O) groups excluding carboxylic acids is 1. The second-order valence-corrected chi connectivity index (χ2v) is 4.06. The number of allylic oxidation sites excluding steroid dienone is 1. The van der Waals surface area contributed by atoms with Crippen molar-refractivity contribution in [3.63, 3.8) is 0 Å². The molecule has 0 aliphatic rings. The molecule has 1 aromatic carbocycles. The van der Waals surface area contributed by atoms with Crippen LogP contribution in [0.25, 0.3) is 0 Å². The number of hydrogen-bond donors (Lipinski definition) is 0. The smallest absolute Gasteiger partial charge is 0.341 e. The molecule has 0 amide bonds. The molecular formula is C13H14ClFO4. The van der Waals surface area contributed by atoms with Crippen LogP contribution in [-0.4, -0.2) is 27.0 Å². The average Bonchev–Trinajstić information content (AvgIpc) is 2.40. The topological polar surface area (TPSA) is 44.8 Å². The Morgan fingerprint density at radius 2 is 2.11 bits per heavy atom. The lowest BCUT2D eigenvalue weighted by atomic mass is 10.0. The molecule has 0 aliphatic carbocycles. The van der Waals surface area contributed by atoms with Gasteiger partial charge in [-0.25, -0.2) is 9.18 Å². The monoisotopic (exact) mass is 288 g/mol. The molecule has 0 N–H and O–H groups in total. The first-order chi connectivity index (χ1) is 9.01. The molecule has 104 valence electrons. The minimum Gasteiger partial charge on any atom is -0.472 e. The van der Waals surface area contributed by atoms with Gasteiger partial charge in [0.1, 0.15) is 5.56 Å². The zero-order valence-electron chi connectivity index (χ0n) is 10.7. The van der Waals surface area contributed by atoms with Crippen molar-refractivity contribution in [2.24, 2.45) is 0 Å². The fraction of sp³-hybridized carbons (Fsp3) is 0.308. The molecule has 0 heterocycles. The quantitative estimate of drug-likeness (QED) is 0.459. The highest BCUT2D eigenvalue weighted by Crippen LogP contribution is 2.24. The van der Waals surface area contributed by atoms with E-state index >= 15 is 0 Å². The van der Waals surface area contributed by atoms with Crippen molar-refractivity contribution in [3.8, 4) is 0 Å². The van der Waals surface area contributed by atoms with E-state index in [1.165, 1.54) is 26.4 Å².